The van der Waals surface area contributed by atoms with Gasteiger partial charge in [-0.2, -0.15) is 0 Å². The molecule has 17 heavy (non-hydrogen) atoms. The molecule has 0 amide bonds. The Hall–Kier alpha value is -1.61. The van der Waals surface area contributed by atoms with E-state index in [1.165, 1.54) is 12.0 Å². The number of imidazole rings is 1. The van der Waals surface area contributed by atoms with E-state index in [2.05, 4.69) is 34.2 Å². The second kappa shape index (κ2) is 4.00. The summed E-state index contributed by atoms with van der Waals surface area (Å²) in [6, 6.07) is 10.5. The first-order valence-corrected chi connectivity index (χ1v) is 6.06. The molecule has 1 aliphatic rings. The van der Waals surface area contributed by atoms with Gasteiger partial charge in [-0.1, -0.05) is 36.8 Å². The van der Waals surface area contributed by atoms with Crippen molar-refractivity contribution in [2.75, 3.05) is 0 Å². The van der Waals surface area contributed by atoms with Gasteiger partial charge in [0.15, 0.2) is 0 Å². The Morgan fingerprint density at radius 2 is 2.00 bits per heavy atom. The average Bonchev–Trinajstić information content (AvgIpc) is 2.78. The van der Waals surface area contributed by atoms with Crippen molar-refractivity contribution in [1.29, 1.82) is 0 Å². The number of rotatable bonds is 3. The molecule has 3 rings (SSSR count). The van der Waals surface area contributed by atoms with Gasteiger partial charge in [-0.15, -0.1) is 0 Å². The minimum atomic E-state index is 0.0257. The van der Waals surface area contributed by atoms with Gasteiger partial charge in [0.05, 0.1) is 23.9 Å². The molecular weight excluding hydrogens is 212 g/mol. The van der Waals surface area contributed by atoms with Crippen LogP contribution in [0.5, 0.6) is 0 Å². The van der Waals surface area contributed by atoms with E-state index in [0.717, 1.165) is 24.4 Å². The molecule has 3 heteroatoms. The van der Waals surface area contributed by atoms with Crippen molar-refractivity contribution in [1.82, 2.24) is 9.97 Å². The maximum absolute atomic E-state index is 9.11. The lowest BCUT2D eigenvalue weighted by atomic mass is 9.64. The van der Waals surface area contributed by atoms with Crippen LogP contribution in [0.25, 0.3) is 0 Å². The fraction of sp³-hybridized carbons (Fsp3) is 0.357. The van der Waals surface area contributed by atoms with E-state index in [9.17, 15) is 0 Å². The first kappa shape index (κ1) is 10.5. The number of hydrogen-bond donors (Lipinski definition) is 2. The molecular formula is C14H16N2O. The molecule has 3 nitrogen and oxygen atoms in total. The van der Waals surface area contributed by atoms with Crippen LogP contribution in [-0.2, 0) is 12.0 Å². The zero-order chi connectivity index (χ0) is 11.7. The summed E-state index contributed by atoms with van der Waals surface area (Å²) >= 11 is 0. The topological polar surface area (TPSA) is 48.9 Å². The van der Waals surface area contributed by atoms with Gasteiger partial charge in [-0.25, -0.2) is 4.98 Å². The number of H-pyrrole nitrogens is 1. The minimum Gasteiger partial charge on any atom is -0.390 e. The number of nitrogens with one attached hydrogen (secondary N) is 1. The predicted molar refractivity (Wildman–Crippen MR) is 65.6 cm³/mol. The molecule has 1 aromatic carbocycles. The summed E-state index contributed by atoms with van der Waals surface area (Å²) in [5.41, 5.74) is 2.17. The van der Waals surface area contributed by atoms with Crippen LogP contribution in [-0.4, -0.2) is 15.1 Å². The van der Waals surface area contributed by atoms with Gasteiger partial charge < -0.3 is 10.1 Å². The van der Waals surface area contributed by atoms with Crippen molar-refractivity contribution in [2.24, 2.45) is 0 Å². The summed E-state index contributed by atoms with van der Waals surface area (Å²) in [4.78, 5) is 7.69. The third-order valence-corrected chi connectivity index (χ3v) is 3.79. The number of aliphatic hydroxyl groups excluding tert-OH is 1. The van der Waals surface area contributed by atoms with Crippen LogP contribution < -0.4 is 0 Å². The molecule has 1 saturated carbocycles. The van der Waals surface area contributed by atoms with Gasteiger partial charge in [0.25, 0.3) is 0 Å². The zero-order valence-electron chi connectivity index (χ0n) is 9.69. The maximum atomic E-state index is 9.11. The normalized spacial score (nSPS) is 17.7. The van der Waals surface area contributed by atoms with Crippen LogP contribution in [0.3, 0.4) is 0 Å². The van der Waals surface area contributed by atoms with Gasteiger partial charge in [0.2, 0.25) is 0 Å². The Morgan fingerprint density at radius 1 is 1.24 bits per heavy atom. The summed E-state index contributed by atoms with van der Waals surface area (Å²) < 4.78 is 0. The molecule has 0 bridgehead atoms. The van der Waals surface area contributed by atoms with E-state index in [-0.39, 0.29) is 12.0 Å². The molecule has 0 radical (unpaired) electrons. The number of aliphatic hydroxyl groups is 1. The van der Waals surface area contributed by atoms with Gasteiger partial charge in [-0.05, 0) is 18.4 Å². The van der Waals surface area contributed by atoms with Crippen molar-refractivity contribution < 1.29 is 5.11 Å². The van der Waals surface area contributed by atoms with Gasteiger partial charge in [0, 0.05) is 0 Å². The Morgan fingerprint density at radius 3 is 2.53 bits per heavy atom. The number of aromatic nitrogens is 2. The van der Waals surface area contributed by atoms with E-state index in [4.69, 9.17) is 5.11 Å². The fourth-order valence-electron chi connectivity index (χ4n) is 2.63. The van der Waals surface area contributed by atoms with E-state index < -0.39 is 0 Å². The van der Waals surface area contributed by atoms with Crippen LogP contribution in [0.4, 0.5) is 0 Å². The Bertz CT molecular complexity index is 500. The Labute approximate surface area is 101 Å². The van der Waals surface area contributed by atoms with Crippen molar-refractivity contribution in [3.63, 3.8) is 0 Å². The van der Waals surface area contributed by atoms with Crippen LogP contribution >= 0.6 is 0 Å². The lowest BCUT2D eigenvalue weighted by Gasteiger charge is -2.40. The van der Waals surface area contributed by atoms with Crippen molar-refractivity contribution in [3.05, 3.63) is 53.6 Å². The average molecular weight is 228 g/mol. The number of nitrogens with zero attached hydrogens (tertiary/aromatic N) is 1. The highest BCUT2D eigenvalue weighted by molar-refractivity contribution is 5.36. The third kappa shape index (κ3) is 1.58. The minimum absolute atomic E-state index is 0.0257. The standard InChI is InChI=1S/C14H16N2O/c17-10-12-9-15-13(16-12)14(7-4-8-14)11-5-2-1-3-6-11/h1-3,5-6,9,17H,4,7-8,10H2,(H,15,16). The van der Waals surface area contributed by atoms with Gasteiger partial charge in [0.1, 0.15) is 5.82 Å². The third-order valence-electron chi connectivity index (χ3n) is 3.79. The van der Waals surface area contributed by atoms with E-state index >= 15 is 0 Å². The summed E-state index contributed by atoms with van der Waals surface area (Å²) in [6.07, 6.45) is 5.24. The van der Waals surface area contributed by atoms with Crippen molar-refractivity contribution in [3.8, 4) is 0 Å². The molecule has 1 heterocycles. The lowest BCUT2D eigenvalue weighted by Crippen LogP contribution is -2.36. The molecule has 2 N–H and O–H groups in total. The smallest absolute Gasteiger partial charge is 0.116 e. The van der Waals surface area contributed by atoms with Crippen molar-refractivity contribution >= 4 is 0 Å². The number of benzene rings is 1. The molecule has 0 unspecified atom stereocenters. The SMILES string of the molecule is OCc1cnc(C2(c3ccccc3)CCC2)[nH]1. The Kier molecular flexibility index (Phi) is 2.48. The highest BCUT2D eigenvalue weighted by Crippen LogP contribution is 2.47. The highest BCUT2D eigenvalue weighted by atomic mass is 16.3. The van der Waals surface area contributed by atoms with E-state index in [1.54, 1.807) is 6.20 Å². The summed E-state index contributed by atoms with van der Waals surface area (Å²) in [5, 5.41) is 9.11. The molecule has 0 aliphatic heterocycles. The molecule has 1 aromatic heterocycles. The summed E-state index contributed by atoms with van der Waals surface area (Å²) in [6.45, 7) is 0.0257. The van der Waals surface area contributed by atoms with Gasteiger partial charge in [-0.3, -0.25) is 0 Å². The van der Waals surface area contributed by atoms with Crippen molar-refractivity contribution in [2.45, 2.75) is 31.3 Å². The number of aromatic amines is 1. The molecule has 1 aliphatic carbocycles. The molecule has 88 valence electrons. The second-order valence-electron chi connectivity index (χ2n) is 4.72. The molecule has 1 fully saturated rings. The van der Waals surface area contributed by atoms with Crippen LogP contribution in [0.2, 0.25) is 0 Å². The van der Waals surface area contributed by atoms with Crippen LogP contribution in [0.1, 0.15) is 36.3 Å². The molecule has 0 atom stereocenters. The Balaban J connectivity index is 2.02. The van der Waals surface area contributed by atoms with Crippen LogP contribution in [0, 0.1) is 0 Å². The first-order chi connectivity index (χ1) is 8.35. The molecule has 0 saturated heterocycles. The largest absolute Gasteiger partial charge is 0.390 e. The summed E-state index contributed by atoms with van der Waals surface area (Å²) in [7, 11) is 0. The predicted octanol–water partition coefficient (Wildman–Crippen LogP) is 2.37. The first-order valence-electron chi connectivity index (χ1n) is 6.06. The van der Waals surface area contributed by atoms with E-state index in [0.29, 0.717) is 0 Å². The summed E-state index contributed by atoms with van der Waals surface area (Å²) in [5.74, 6) is 0.999. The molecule has 2 aromatic rings. The maximum Gasteiger partial charge on any atom is 0.116 e. The monoisotopic (exact) mass is 228 g/mol. The number of hydrogen-bond acceptors (Lipinski definition) is 2. The lowest BCUT2D eigenvalue weighted by molar-refractivity contribution is 0.271. The fourth-order valence-corrected chi connectivity index (χ4v) is 2.63. The second-order valence-corrected chi connectivity index (χ2v) is 4.72. The molecule has 0 spiro atoms. The highest BCUT2D eigenvalue weighted by Gasteiger charge is 2.42. The quantitative estimate of drug-likeness (QED) is 0.847. The van der Waals surface area contributed by atoms with Crippen LogP contribution in [0.15, 0.2) is 36.5 Å². The zero-order valence-corrected chi connectivity index (χ0v) is 9.69. The van der Waals surface area contributed by atoms with Gasteiger partial charge >= 0.3 is 0 Å². The van der Waals surface area contributed by atoms with E-state index in [1.807, 2.05) is 6.07 Å².